The zero-order valence-electron chi connectivity index (χ0n) is 11.0. The topological polar surface area (TPSA) is 70.5 Å². The van der Waals surface area contributed by atoms with Crippen molar-refractivity contribution >= 4 is 23.2 Å². The van der Waals surface area contributed by atoms with Crippen LogP contribution in [0, 0.1) is 6.92 Å². The van der Waals surface area contributed by atoms with Gasteiger partial charge in [0.2, 0.25) is 5.91 Å². The van der Waals surface area contributed by atoms with Gasteiger partial charge >= 0.3 is 5.97 Å². The van der Waals surface area contributed by atoms with E-state index in [0.717, 1.165) is 23.5 Å². The minimum atomic E-state index is -0.891. The van der Waals surface area contributed by atoms with Gasteiger partial charge in [0.25, 0.3) is 0 Å². The third-order valence-corrected chi connectivity index (χ3v) is 4.35. The molecule has 1 atom stereocenters. The first-order chi connectivity index (χ1) is 9.08. The van der Waals surface area contributed by atoms with Crippen LogP contribution in [0.1, 0.15) is 36.4 Å². The van der Waals surface area contributed by atoms with E-state index in [4.69, 9.17) is 5.11 Å². The van der Waals surface area contributed by atoms with E-state index >= 15 is 0 Å². The molecule has 1 aliphatic heterocycles. The molecule has 0 bridgehead atoms. The second-order valence-corrected chi connectivity index (χ2v) is 5.76. The molecule has 0 spiro atoms. The predicted molar refractivity (Wildman–Crippen MR) is 72.2 cm³/mol. The lowest BCUT2D eigenvalue weighted by Crippen LogP contribution is -2.48. The fourth-order valence-corrected chi connectivity index (χ4v) is 3.14. The molecule has 0 aromatic carbocycles. The number of carboxylic acid groups (broad SMARTS) is 1. The molecule has 1 aromatic rings. The Morgan fingerprint density at radius 1 is 1.53 bits per heavy atom. The van der Waals surface area contributed by atoms with Crippen molar-refractivity contribution < 1.29 is 14.7 Å². The number of hydrogen-bond acceptors (Lipinski definition) is 4. The highest BCUT2D eigenvalue weighted by Crippen LogP contribution is 2.19. The molecular formula is C13H18N2O3S. The largest absolute Gasteiger partial charge is 0.480 e. The van der Waals surface area contributed by atoms with Crippen molar-refractivity contribution in [1.29, 1.82) is 0 Å². The van der Waals surface area contributed by atoms with Crippen LogP contribution in [0.3, 0.4) is 0 Å². The average Bonchev–Trinajstić information content (AvgIpc) is 2.81. The number of carbonyl (C=O) groups excluding carboxylic acids is 1. The van der Waals surface area contributed by atoms with Crippen LogP contribution >= 0.6 is 11.3 Å². The molecule has 104 valence electrons. The van der Waals surface area contributed by atoms with Crippen molar-refractivity contribution in [2.24, 2.45) is 0 Å². The van der Waals surface area contributed by atoms with Crippen LogP contribution < -0.4 is 0 Å². The van der Waals surface area contributed by atoms with Gasteiger partial charge in [0.05, 0.1) is 5.01 Å². The monoisotopic (exact) mass is 282 g/mol. The minimum absolute atomic E-state index is 0.0695. The van der Waals surface area contributed by atoms with E-state index in [1.165, 1.54) is 4.90 Å². The summed E-state index contributed by atoms with van der Waals surface area (Å²) >= 11 is 1.55. The Labute approximate surface area is 116 Å². The van der Waals surface area contributed by atoms with Crippen molar-refractivity contribution in [2.45, 2.75) is 45.1 Å². The number of aliphatic carboxylic acids is 1. The first kappa shape index (κ1) is 14.0. The molecule has 1 aliphatic rings. The summed E-state index contributed by atoms with van der Waals surface area (Å²) in [4.78, 5) is 29.1. The molecule has 1 saturated heterocycles. The summed E-state index contributed by atoms with van der Waals surface area (Å²) in [5, 5.41) is 12.0. The molecule has 1 amide bonds. The number of rotatable bonds is 4. The Kier molecular flexibility index (Phi) is 4.52. The molecule has 0 radical (unpaired) electrons. The second-order valence-electron chi connectivity index (χ2n) is 4.82. The van der Waals surface area contributed by atoms with E-state index in [2.05, 4.69) is 4.98 Å². The molecule has 1 unspecified atom stereocenters. The molecule has 1 fully saturated rings. The summed E-state index contributed by atoms with van der Waals surface area (Å²) in [7, 11) is 0. The highest BCUT2D eigenvalue weighted by Gasteiger charge is 2.31. The van der Waals surface area contributed by atoms with Gasteiger partial charge in [-0.3, -0.25) is 4.79 Å². The van der Waals surface area contributed by atoms with Gasteiger partial charge in [0, 0.05) is 30.5 Å². The van der Waals surface area contributed by atoms with Crippen LogP contribution in [-0.4, -0.2) is 39.5 Å². The standard InChI is InChI=1S/C13H18N2O3S/c1-9-8-19-11(14-9)5-6-12(16)15-7-3-2-4-10(15)13(17)18/h8,10H,2-7H2,1H3,(H,17,18). The molecule has 19 heavy (non-hydrogen) atoms. The number of carboxylic acids is 1. The van der Waals surface area contributed by atoms with Crippen molar-refractivity contribution in [3.8, 4) is 0 Å². The van der Waals surface area contributed by atoms with Gasteiger partial charge < -0.3 is 10.0 Å². The Balaban J connectivity index is 1.92. The van der Waals surface area contributed by atoms with E-state index < -0.39 is 12.0 Å². The smallest absolute Gasteiger partial charge is 0.326 e. The van der Waals surface area contributed by atoms with Gasteiger partial charge in [-0.2, -0.15) is 0 Å². The fourth-order valence-electron chi connectivity index (χ4n) is 2.36. The predicted octanol–water partition coefficient (Wildman–Crippen LogP) is 1.85. The van der Waals surface area contributed by atoms with Crippen LogP contribution in [0.25, 0.3) is 0 Å². The van der Waals surface area contributed by atoms with Gasteiger partial charge in [-0.1, -0.05) is 0 Å². The number of piperidine rings is 1. The highest BCUT2D eigenvalue weighted by atomic mass is 32.1. The van der Waals surface area contributed by atoms with E-state index in [-0.39, 0.29) is 5.91 Å². The molecule has 2 rings (SSSR count). The van der Waals surface area contributed by atoms with Crippen LogP contribution in [0.15, 0.2) is 5.38 Å². The van der Waals surface area contributed by atoms with Crippen molar-refractivity contribution in [1.82, 2.24) is 9.88 Å². The Bertz CT molecular complexity index is 472. The molecule has 5 nitrogen and oxygen atoms in total. The van der Waals surface area contributed by atoms with Gasteiger partial charge in [-0.25, -0.2) is 9.78 Å². The summed E-state index contributed by atoms with van der Waals surface area (Å²) in [6, 6.07) is -0.640. The summed E-state index contributed by atoms with van der Waals surface area (Å²) in [5.74, 6) is -0.960. The first-order valence-corrected chi connectivity index (χ1v) is 7.39. The molecule has 0 saturated carbocycles. The lowest BCUT2D eigenvalue weighted by Gasteiger charge is -2.33. The molecule has 1 N–H and O–H groups in total. The zero-order valence-corrected chi connectivity index (χ0v) is 11.8. The fraction of sp³-hybridized carbons (Fsp3) is 0.615. The number of nitrogens with zero attached hydrogens (tertiary/aromatic N) is 2. The number of carbonyl (C=O) groups is 2. The van der Waals surface area contributed by atoms with Gasteiger partial charge in [0.15, 0.2) is 0 Å². The van der Waals surface area contributed by atoms with E-state index in [0.29, 0.717) is 25.8 Å². The van der Waals surface area contributed by atoms with Gasteiger partial charge in [-0.05, 0) is 26.2 Å². The third-order valence-electron chi connectivity index (χ3n) is 3.33. The van der Waals surface area contributed by atoms with Crippen LogP contribution in [-0.2, 0) is 16.0 Å². The Morgan fingerprint density at radius 3 is 2.95 bits per heavy atom. The van der Waals surface area contributed by atoms with Crippen molar-refractivity contribution in [3.63, 3.8) is 0 Å². The average molecular weight is 282 g/mol. The molecular weight excluding hydrogens is 264 g/mol. The molecule has 6 heteroatoms. The number of hydrogen-bond donors (Lipinski definition) is 1. The number of aromatic nitrogens is 1. The Hall–Kier alpha value is -1.43. The molecule has 1 aromatic heterocycles. The summed E-state index contributed by atoms with van der Waals surface area (Å²) in [5.41, 5.74) is 0.967. The highest BCUT2D eigenvalue weighted by molar-refractivity contribution is 7.09. The summed E-state index contributed by atoms with van der Waals surface area (Å²) in [6.07, 6.45) is 3.28. The van der Waals surface area contributed by atoms with E-state index in [1.807, 2.05) is 12.3 Å². The quantitative estimate of drug-likeness (QED) is 0.915. The summed E-state index contributed by atoms with van der Waals surface area (Å²) < 4.78 is 0. The summed E-state index contributed by atoms with van der Waals surface area (Å²) in [6.45, 7) is 2.49. The maximum atomic E-state index is 12.1. The molecule has 0 aliphatic carbocycles. The number of aryl methyl sites for hydroxylation is 2. The second kappa shape index (κ2) is 6.14. The number of likely N-dealkylation sites (tertiary alicyclic amines) is 1. The molecule has 2 heterocycles. The van der Waals surface area contributed by atoms with Crippen molar-refractivity contribution in [3.05, 3.63) is 16.1 Å². The van der Waals surface area contributed by atoms with E-state index in [1.54, 1.807) is 11.3 Å². The first-order valence-electron chi connectivity index (χ1n) is 6.51. The van der Waals surface area contributed by atoms with Crippen LogP contribution in [0.5, 0.6) is 0 Å². The minimum Gasteiger partial charge on any atom is -0.480 e. The maximum absolute atomic E-state index is 12.1. The third kappa shape index (κ3) is 3.53. The lowest BCUT2D eigenvalue weighted by molar-refractivity contribution is -0.152. The Morgan fingerprint density at radius 2 is 2.32 bits per heavy atom. The van der Waals surface area contributed by atoms with Crippen LogP contribution in [0.4, 0.5) is 0 Å². The van der Waals surface area contributed by atoms with Crippen LogP contribution in [0.2, 0.25) is 0 Å². The normalized spacial score (nSPS) is 19.4. The van der Waals surface area contributed by atoms with E-state index in [9.17, 15) is 9.59 Å². The SMILES string of the molecule is Cc1csc(CCC(=O)N2CCCCC2C(=O)O)n1. The zero-order chi connectivity index (χ0) is 13.8. The number of thiazole rings is 1. The maximum Gasteiger partial charge on any atom is 0.326 e. The lowest BCUT2D eigenvalue weighted by atomic mass is 10.0. The number of amides is 1. The van der Waals surface area contributed by atoms with Crippen molar-refractivity contribution in [2.75, 3.05) is 6.54 Å². The van der Waals surface area contributed by atoms with Gasteiger partial charge in [-0.15, -0.1) is 11.3 Å². The van der Waals surface area contributed by atoms with Gasteiger partial charge in [0.1, 0.15) is 6.04 Å².